The fourth-order valence-electron chi connectivity index (χ4n) is 4.83. The Morgan fingerprint density at radius 3 is 1.90 bits per heavy atom. The van der Waals surface area contributed by atoms with Crippen molar-refractivity contribution in [2.75, 3.05) is 5.32 Å². The van der Waals surface area contributed by atoms with Gasteiger partial charge in [0.15, 0.2) is 0 Å². The molecule has 0 heterocycles. The first-order valence-corrected chi connectivity index (χ1v) is 11.1. The summed E-state index contributed by atoms with van der Waals surface area (Å²) in [6.45, 7) is 4.05. The van der Waals surface area contributed by atoms with Crippen LogP contribution in [0.25, 0.3) is 0 Å². The smallest absolute Gasteiger partial charge is 0.113 e. The van der Waals surface area contributed by atoms with Gasteiger partial charge in [-0.25, -0.2) is 8.78 Å². The van der Waals surface area contributed by atoms with Gasteiger partial charge in [-0.2, -0.15) is 0 Å². The van der Waals surface area contributed by atoms with Crippen molar-refractivity contribution >= 4 is 5.69 Å². The first-order valence-electron chi connectivity index (χ1n) is 11.1. The molecule has 2 unspecified atom stereocenters. The van der Waals surface area contributed by atoms with E-state index in [1.54, 1.807) is 0 Å². The Balaban J connectivity index is 1.43. The van der Waals surface area contributed by atoms with E-state index in [0.717, 1.165) is 17.7 Å². The molecule has 2 fully saturated rings. The molecule has 30 heavy (non-hydrogen) atoms. The predicted octanol–water partition coefficient (Wildman–Crippen LogP) is 6.14. The van der Waals surface area contributed by atoms with Crippen LogP contribution in [0.15, 0.2) is 54.6 Å². The monoisotopic (exact) mass is 412 g/mol. The normalized spacial score (nSPS) is 22.6. The summed E-state index contributed by atoms with van der Waals surface area (Å²) in [7, 11) is 0. The van der Waals surface area contributed by atoms with Gasteiger partial charge in [-0.05, 0) is 82.1 Å². The second-order valence-electron chi connectivity index (χ2n) is 10.5. The number of anilines is 1. The maximum absolute atomic E-state index is 14.7. The zero-order chi connectivity index (χ0) is 21.5. The van der Waals surface area contributed by atoms with Crippen LogP contribution < -0.4 is 11.1 Å². The van der Waals surface area contributed by atoms with Crippen molar-refractivity contribution < 1.29 is 8.78 Å². The second-order valence-corrected chi connectivity index (χ2v) is 10.5. The van der Waals surface area contributed by atoms with E-state index in [4.69, 9.17) is 5.73 Å². The molecule has 4 rings (SSSR count). The minimum absolute atomic E-state index is 0.372. The molecule has 0 saturated heterocycles. The van der Waals surface area contributed by atoms with E-state index >= 15 is 0 Å². The number of alkyl halides is 2. The molecule has 0 bridgehead atoms. The molecule has 0 radical (unpaired) electrons. The molecule has 0 aromatic heterocycles. The lowest BCUT2D eigenvalue weighted by atomic mass is 9.86. The Labute approximate surface area is 179 Å². The van der Waals surface area contributed by atoms with Gasteiger partial charge in [0.2, 0.25) is 0 Å². The van der Waals surface area contributed by atoms with Crippen molar-refractivity contribution in [3.05, 3.63) is 65.7 Å². The Hall–Kier alpha value is -1.94. The lowest BCUT2D eigenvalue weighted by Gasteiger charge is -2.34. The highest BCUT2D eigenvalue weighted by molar-refractivity contribution is 5.48. The molecule has 0 spiro atoms. The molecular formula is C26H34F2N2. The van der Waals surface area contributed by atoms with Crippen LogP contribution >= 0.6 is 0 Å². The van der Waals surface area contributed by atoms with Crippen molar-refractivity contribution in [1.82, 2.24) is 0 Å². The topological polar surface area (TPSA) is 38.0 Å². The minimum atomic E-state index is -1.05. The van der Waals surface area contributed by atoms with Crippen LogP contribution in [0.5, 0.6) is 0 Å². The van der Waals surface area contributed by atoms with Crippen LogP contribution in [0, 0.1) is 0 Å². The number of hydrogen-bond acceptors (Lipinski definition) is 2. The molecule has 0 amide bonds. The van der Waals surface area contributed by atoms with Crippen molar-refractivity contribution in [1.29, 1.82) is 0 Å². The molecule has 2 aromatic carbocycles. The number of hydrogen-bond donors (Lipinski definition) is 2. The van der Waals surface area contributed by atoms with E-state index in [1.807, 2.05) is 37.3 Å². The van der Waals surface area contributed by atoms with E-state index in [0.29, 0.717) is 44.9 Å². The number of halogens is 2. The Kier molecular flexibility index (Phi) is 5.42. The van der Waals surface area contributed by atoms with Gasteiger partial charge >= 0.3 is 0 Å². The number of benzene rings is 2. The zero-order valence-electron chi connectivity index (χ0n) is 18.2. The highest BCUT2D eigenvalue weighted by Crippen LogP contribution is 2.47. The third kappa shape index (κ3) is 5.81. The van der Waals surface area contributed by atoms with Gasteiger partial charge in [0.25, 0.3) is 0 Å². The van der Waals surface area contributed by atoms with Gasteiger partial charge in [0.1, 0.15) is 11.3 Å². The third-order valence-electron chi connectivity index (χ3n) is 6.46. The highest BCUT2D eigenvalue weighted by atomic mass is 19.1. The number of nitrogens with two attached hydrogens (primary N) is 1. The minimum Gasteiger partial charge on any atom is -0.379 e. The van der Waals surface area contributed by atoms with Crippen LogP contribution in [-0.2, 0) is 12.8 Å². The standard InChI is InChI=1S/C26H34F2N2/c1-23(29,18-25(27)12-13-25)16-21-8-10-22(11-9-21)30-24(2,19-26(28)14-15-26)17-20-6-4-3-5-7-20/h3-11,30H,12-19,29H2,1-2H3. The maximum Gasteiger partial charge on any atom is 0.113 e. The van der Waals surface area contributed by atoms with Gasteiger partial charge in [0.05, 0.1) is 0 Å². The molecule has 2 aliphatic rings. The molecule has 2 nitrogen and oxygen atoms in total. The molecule has 2 aromatic rings. The Morgan fingerprint density at radius 1 is 0.800 bits per heavy atom. The first-order chi connectivity index (χ1) is 14.1. The molecular weight excluding hydrogens is 378 g/mol. The van der Waals surface area contributed by atoms with Crippen molar-refractivity contribution in [2.45, 2.75) is 87.6 Å². The molecule has 0 aliphatic heterocycles. The summed E-state index contributed by atoms with van der Waals surface area (Å²) in [5.74, 6) is 0. The highest BCUT2D eigenvalue weighted by Gasteiger charge is 2.48. The van der Waals surface area contributed by atoms with Gasteiger partial charge < -0.3 is 11.1 Å². The van der Waals surface area contributed by atoms with Crippen molar-refractivity contribution in [3.8, 4) is 0 Å². The second kappa shape index (κ2) is 7.64. The Morgan fingerprint density at radius 2 is 1.33 bits per heavy atom. The van der Waals surface area contributed by atoms with Crippen LogP contribution in [0.2, 0.25) is 0 Å². The summed E-state index contributed by atoms with van der Waals surface area (Å²) >= 11 is 0. The Bertz CT molecular complexity index is 854. The number of nitrogens with one attached hydrogen (secondary N) is 1. The van der Waals surface area contributed by atoms with Gasteiger partial charge in [-0.3, -0.25) is 0 Å². The summed E-state index contributed by atoms with van der Waals surface area (Å²) in [6, 6.07) is 18.4. The molecule has 2 atom stereocenters. The van der Waals surface area contributed by atoms with E-state index in [9.17, 15) is 8.78 Å². The first kappa shape index (κ1) is 21.3. The molecule has 4 heteroatoms. The van der Waals surface area contributed by atoms with Crippen molar-refractivity contribution in [3.63, 3.8) is 0 Å². The average Bonchev–Trinajstić information content (AvgIpc) is 3.56. The predicted molar refractivity (Wildman–Crippen MR) is 120 cm³/mol. The summed E-state index contributed by atoms with van der Waals surface area (Å²) in [6.07, 6.45) is 4.90. The van der Waals surface area contributed by atoms with Crippen LogP contribution in [0.4, 0.5) is 14.5 Å². The lowest BCUT2D eigenvalue weighted by molar-refractivity contribution is 0.229. The molecule has 2 aliphatic carbocycles. The maximum atomic E-state index is 14.7. The fraction of sp³-hybridized carbons (Fsp3) is 0.538. The van der Waals surface area contributed by atoms with Gasteiger partial charge in [-0.15, -0.1) is 0 Å². The average molecular weight is 413 g/mol. The summed E-state index contributed by atoms with van der Waals surface area (Å²) < 4.78 is 28.9. The lowest BCUT2D eigenvalue weighted by Crippen LogP contribution is -2.41. The van der Waals surface area contributed by atoms with E-state index in [-0.39, 0.29) is 5.54 Å². The fourth-order valence-corrected chi connectivity index (χ4v) is 4.83. The van der Waals surface area contributed by atoms with Crippen molar-refractivity contribution in [2.24, 2.45) is 5.73 Å². The summed E-state index contributed by atoms with van der Waals surface area (Å²) in [5, 5.41) is 3.61. The van der Waals surface area contributed by atoms with E-state index in [2.05, 4.69) is 36.5 Å². The number of rotatable bonds is 10. The van der Waals surface area contributed by atoms with Gasteiger partial charge in [0, 0.05) is 23.2 Å². The van der Waals surface area contributed by atoms with Crippen LogP contribution in [0.3, 0.4) is 0 Å². The van der Waals surface area contributed by atoms with Crippen LogP contribution in [-0.4, -0.2) is 22.4 Å². The van der Waals surface area contributed by atoms with E-state index in [1.165, 1.54) is 5.56 Å². The molecule has 2 saturated carbocycles. The summed E-state index contributed by atoms with van der Waals surface area (Å²) in [5.41, 5.74) is 6.65. The molecule has 3 N–H and O–H groups in total. The van der Waals surface area contributed by atoms with Gasteiger partial charge in [-0.1, -0.05) is 42.5 Å². The third-order valence-corrected chi connectivity index (χ3v) is 6.46. The summed E-state index contributed by atoms with van der Waals surface area (Å²) in [4.78, 5) is 0. The zero-order valence-corrected chi connectivity index (χ0v) is 18.2. The molecule has 162 valence electrons. The quantitative estimate of drug-likeness (QED) is 0.492. The van der Waals surface area contributed by atoms with E-state index < -0.39 is 16.9 Å². The SMILES string of the molecule is CC(N)(Cc1ccc(NC(C)(Cc2ccccc2)CC2(F)CC2)cc1)CC1(F)CC1. The van der Waals surface area contributed by atoms with Crippen LogP contribution in [0.1, 0.15) is 63.5 Å². The largest absolute Gasteiger partial charge is 0.379 e.